The second kappa shape index (κ2) is 11.3. The number of hydrogen-bond acceptors (Lipinski definition) is 2. The SMILES string of the molecule is C=CC(/C=C\Cc1ccc2c(c1)oc1ccccc12)=Nc1ccc(-c2ccc3ccccc3n3cc(c2)c2ccccc23)cc1. The van der Waals surface area contributed by atoms with Crippen LogP contribution >= 0.6 is 0 Å². The number of furan rings is 1. The largest absolute Gasteiger partial charge is 0.456 e. The molecular weight excluding hydrogens is 548 g/mol. The molecule has 0 radical (unpaired) electrons. The summed E-state index contributed by atoms with van der Waals surface area (Å²) in [4.78, 5) is 4.86. The number of fused-ring (bicyclic) bond motifs is 10. The summed E-state index contributed by atoms with van der Waals surface area (Å²) in [6.07, 6.45) is 8.97. The lowest BCUT2D eigenvalue weighted by Crippen LogP contribution is -1.88. The van der Waals surface area contributed by atoms with Crippen LogP contribution in [0.25, 0.3) is 60.3 Å². The van der Waals surface area contributed by atoms with Gasteiger partial charge >= 0.3 is 0 Å². The standard InChI is InChI=1S/C42H30N2O/c1-2-34(12-9-10-29-18-25-38-37-14-5-8-17-41(37)45-42(38)26-29)43-35-23-21-30(22-24-35)32-20-19-31-11-3-6-15-39(31)44-28-33(27-32)36-13-4-7-16-40(36)44/h2-9,11-28H,1,10H2/b12-9-,20-19?,32-27?,43-34?. The van der Waals surface area contributed by atoms with Crippen molar-refractivity contribution in [2.45, 2.75) is 6.42 Å². The summed E-state index contributed by atoms with van der Waals surface area (Å²) in [5.74, 6) is 0. The third-order valence-corrected chi connectivity index (χ3v) is 8.45. The maximum absolute atomic E-state index is 6.06. The zero-order valence-corrected chi connectivity index (χ0v) is 24.7. The van der Waals surface area contributed by atoms with Gasteiger partial charge in [0.1, 0.15) is 11.2 Å². The van der Waals surface area contributed by atoms with E-state index in [1.165, 1.54) is 32.8 Å². The molecule has 214 valence electrons. The predicted octanol–water partition coefficient (Wildman–Crippen LogP) is 11.4. The molecule has 0 unspecified atom stereocenters. The predicted molar refractivity (Wildman–Crippen MR) is 191 cm³/mol. The molecule has 2 bridgehead atoms. The minimum Gasteiger partial charge on any atom is -0.456 e. The Morgan fingerprint density at radius 1 is 0.644 bits per heavy atom. The van der Waals surface area contributed by atoms with Crippen molar-refractivity contribution >= 4 is 60.5 Å². The molecule has 0 atom stereocenters. The fourth-order valence-corrected chi connectivity index (χ4v) is 6.18. The molecule has 0 fully saturated rings. The normalized spacial score (nSPS) is 12.2. The van der Waals surface area contributed by atoms with E-state index >= 15 is 0 Å². The zero-order valence-electron chi connectivity index (χ0n) is 24.7. The summed E-state index contributed by atoms with van der Waals surface area (Å²) in [5, 5.41) is 5.91. The van der Waals surface area contributed by atoms with Crippen molar-refractivity contribution in [3.8, 4) is 11.1 Å². The quantitative estimate of drug-likeness (QED) is 0.181. The van der Waals surface area contributed by atoms with Crippen molar-refractivity contribution in [3.63, 3.8) is 0 Å². The molecule has 0 amide bonds. The van der Waals surface area contributed by atoms with Gasteiger partial charge in [0, 0.05) is 27.7 Å². The fraction of sp³-hybridized carbons (Fsp3) is 0.0238. The lowest BCUT2D eigenvalue weighted by molar-refractivity contribution is 0.668. The smallest absolute Gasteiger partial charge is 0.135 e. The third kappa shape index (κ3) is 5.05. The Labute approximate surface area is 261 Å². The van der Waals surface area contributed by atoms with Crippen LogP contribution < -0.4 is 0 Å². The van der Waals surface area contributed by atoms with Gasteiger partial charge in [0.2, 0.25) is 0 Å². The highest BCUT2D eigenvalue weighted by atomic mass is 16.3. The lowest BCUT2D eigenvalue weighted by Gasteiger charge is -2.03. The molecule has 0 aliphatic heterocycles. The average molecular weight is 579 g/mol. The number of aliphatic imine (C=N–C) groups is 1. The van der Waals surface area contributed by atoms with Crippen molar-refractivity contribution < 1.29 is 4.42 Å². The highest BCUT2D eigenvalue weighted by Crippen LogP contribution is 2.31. The maximum atomic E-state index is 6.06. The van der Waals surface area contributed by atoms with Crippen LogP contribution in [0.2, 0.25) is 0 Å². The second-order valence-electron chi connectivity index (χ2n) is 11.3. The zero-order chi connectivity index (χ0) is 30.2. The molecular formula is C42H30N2O. The Hall–Kier alpha value is -5.93. The molecule has 5 aromatic carbocycles. The molecule has 0 saturated heterocycles. The van der Waals surface area contributed by atoms with E-state index in [9.17, 15) is 0 Å². The van der Waals surface area contributed by atoms with E-state index < -0.39 is 0 Å². The molecule has 0 N–H and O–H groups in total. The topological polar surface area (TPSA) is 29.9 Å². The first-order chi connectivity index (χ1) is 22.2. The fourth-order valence-electron chi connectivity index (χ4n) is 6.18. The van der Waals surface area contributed by atoms with Gasteiger partial charge in [0.15, 0.2) is 0 Å². The summed E-state index contributed by atoms with van der Waals surface area (Å²) in [7, 11) is 0. The number of allylic oxidation sites excluding steroid dienone is 3. The van der Waals surface area contributed by atoms with Crippen molar-refractivity contribution in [1.29, 1.82) is 0 Å². The number of para-hydroxylation sites is 3. The van der Waals surface area contributed by atoms with Crippen LogP contribution in [-0.4, -0.2) is 10.1 Å². The van der Waals surface area contributed by atoms with Crippen LogP contribution in [-0.2, 0) is 6.42 Å². The minimum absolute atomic E-state index is 0.777. The number of hydrogen-bond donors (Lipinski definition) is 0. The Balaban J connectivity index is 1.08. The van der Waals surface area contributed by atoms with Crippen LogP contribution in [0.4, 0.5) is 5.69 Å². The molecule has 0 aliphatic carbocycles. The highest BCUT2D eigenvalue weighted by Gasteiger charge is 2.08. The van der Waals surface area contributed by atoms with Gasteiger partial charge in [-0.3, -0.25) is 0 Å². The maximum Gasteiger partial charge on any atom is 0.135 e. The van der Waals surface area contributed by atoms with Gasteiger partial charge < -0.3 is 8.82 Å². The molecule has 8 rings (SSSR count). The molecule has 3 nitrogen and oxygen atoms in total. The molecule has 0 spiro atoms. The number of benzene rings is 5. The highest BCUT2D eigenvalue weighted by molar-refractivity contribution is 6.06. The monoisotopic (exact) mass is 578 g/mol. The summed E-state index contributed by atoms with van der Waals surface area (Å²) in [5.41, 5.74) is 9.39. The van der Waals surface area contributed by atoms with Crippen LogP contribution in [0.3, 0.4) is 0 Å². The minimum atomic E-state index is 0.777. The number of nitrogens with zero attached hydrogens (tertiary/aromatic N) is 2. The van der Waals surface area contributed by atoms with Crippen molar-refractivity contribution in [2.75, 3.05) is 0 Å². The van der Waals surface area contributed by atoms with Gasteiger partial charge in [-0.05, 0) is 83.1 Å². The van der Waals surface area contributed by atoms with E-state index in [1.54, 1.807) is 6.08 Å². The molecule has 3 aromatic heterocycles. The van der Waals surface area contributed by atoms with Crippen molar-refractivity contribution in [2.24, 2.45) is 4.99 Å². The Bertz CT molecular complexity index is 2470. The molecule has 45 heavy (non-hydrogen) atoms. The van der Waals surface area contributed by atoms with Crippen LogP contribution in [0, 0.1) is 0 Å². The first-order valence-corrected chi connectivity index (χ1v) is 15.2. The molecule has 3 heterocycles. The van der Waals surface area contributed by atoms with E-state index in [0.717, 1.165) is 50.9 Å². The second-order valence-corrected chi connectivity index (χ2v) is 11.3. The van der Waals surface area contributed by atoms with E-state index in [-0.39, 0.29) is 0 Å². The lowest BCUT2D eigenvalue weighted by atomic mass is 10.0. The molecule has 0 saturated carbocycles. The Morgan fingerprint density at radius 3 is 2.24 bits per heavy atom. The first kappa shape index (κ1) is 26.7. The van der Waals surface area contributed by atoms with Crippen LogP contribution in [0.5, 0.6) is 0 Å². The van der Waals surface area contributed by atoms with Crippen LogP contribution in [0.1, 0.15) is 5.56 Å². The Kier molecular flexibility index (Phi) is 6.69. The summed E-state index contributed by atoms with van der Waals surface area (Å²) in [6, 6.07) is 46.8. The number of rotatable bonds is 6. The van der Waals surface area contributed by atoms with Gasteiger partial charge in [-0.25, -0.2) is 4.99 Å². The van der Waals surface area contributed by atoms with E-state index in [2.05, 4.69) is 139 Å². The van der Waals surface area contributed by atoms with E-state index in [0.29, 0.717) is 0 Å². The summed E-state index contributed by atoms with van der Waals surface area (Å²) >= 11 is 0. The van der Waals surface area contributed by atoms with Crippen LogP contribution in [0.15, 0.2) is 174 Å². The summed E-state index contributed by atoms with van der Waals surface area (Å²) < 4.78 is 8.36. The van der Waals surface area contributed by atoms with Crippen molar-refractivity contribution in [1.82, 2.24) is 4.40 Å². The van der Waals surface area contributed by atoms with E-state index in [1.807, 2.05) is 24.3 Å². The first-order valence-electron chi connectivity index (χ1n) is 15.2. The van der Waals surface area contributed by atoms with Gasteiger partial charge in [-0.1, -0.05) is 104 Å². The van der Waals surface area contributed by atoms with Gasteiger partial charge in [-0.2, -0.15) is 0 Å². The molecule has 0 aliphatic rings. The van der Waals surface area contributed by atoms with Gasteiger partial charge in [0.05, 0.1) is 22.4 Å². The number of aromatic nitrogens is 1. The molecule has 3 heteroatoms. The molecule has 8 aromatic rings. The van der Waals surface area contributed by atoms with Gasteiger partial charge in [0.25, 0.3) is 0 Å². The van der Waals surface area contributed by atoms with Gasteiger partial charge in [-0.15, -0.1) is 0 Å². The third-order valence-electron chi connectivity index (χ3n) is 8.45. The summed E-state index contributed by atoms with van der Waals surface area (Å²) in [6.45, 7) is 4.00. The van der Waals surface area contributed by atoms with E-state index in [4.69, 9.17) is 9.41 Å². The van der Waals surface area contributed by atoms with Crippen molar-refractivity contribution in [3.05, 3.63) is 170 Å². The average Bonchev–Trinajstić information content (AvgIpc) is 3.66. The Morgan fingerprint density at radius 2 is 1.38 bits per heavy atom.